The van der Waals surface area contributed by atoms with Crippen LogP contribution in [-0.4, -0.2) is 11.7 Å². The Balaban J connectivity index is 2.43. The minimum Gasteiger partial charge on any atom is -0.505 e. The summed E-state index contributed by atoms with van der Waals surface area (Å²) in [7, 11) is 0. The average molecular weight is 262 g/mol. The summed E-state index contributed by atoms with van der Waals surface area (Å²) >= 11 is 11.6. The third kappa shape index (κ3) is 4.11. The van der Waals surface area contributed by atoms with Crippen molar-refractivity contribution < 1.29 is 5.11 Å². The molecule has 0 atom stereocenters. The van der Waals surface area contributed by atoms with Crippen LogP contribution >= 0.6 is 23.2 Å². The Hall–Kier alpha value is -0.600. The second kappa shape index (κ2) is 6.87. The molecule has 2 nitrogen and oxygen atoms in total. The average Bonchev–Trinajstić information content (AvgIpc) is 2.25. The van der Waals surface area contributed by atoms with Gasteiger partial charge in [-0.05, 0) is 18.6 Å². The number of phenolic OH excluding ortho intramolecular Hbond substituents is 1. The van der Waals surface area contributed by atoms with Crippen LogP contribution in [0.3, 0.4) is 0 Å². The monoisotopic (exact) mass is 261 g/mol. The SMILES string of the molecule is CCCCCCNc1cc(Cl)c(O)c(Cl)c1. The van der Waals surface area contributed by atoms with Crippen molar-refractivity contribution in [2.45, 2.75) is 32.6 Å². The van der Waals surface area contributed by atoms with Gasteiger partial charge in [0.25, 0.3) is 0 Å². The molecule has 0 aromatic heterocycles. The Morgan fingerprint density at radius 1 is 1.12 bits per heavy atom. The predicted octanol–water partition coefficient (Wildman–Crippen LogP) is 4.69. The normalized spacial score (nSPS) is 10.4. The molecule has 90 valence electrons. The van der Waals surface area contributed by atoms with Gasteiger partial charge in [-0.3, -0.25) is 0 Å². The summed E-state index contributed by atoms with van der Waals surface area (Å²) in [5, 5.41) is 13.2. The molecule has 0 spiro atoms. The molecule has 0 aliphatic heterocycles. The topological polar surface area (TPSA) is 32.3 Å². The Morgan fingerprint density at radius 3 is 2.31 bits per heavy atom. The van der Waals surface area contributed by atoms with Crippen LogP contribution in [0, 0.1) is 0 Å². The van der Waals surface area contributed by atoms with Crippen LogP contribution in [-0.2, 0) is 0 Å². The molecule has 0 heterocycles. The highest BCUT2D eigenvalue weighted by molar-refractivity contribution is 6.37. The van der Waals surface area contributed by atoms with Crippen molar-refractivity contribution in [1.82, 2.24) is 0 Å². The Bertz CT molecular complexity index is 319. The van der Waals surface area contributed by atoms with Crippen molar-refractivity contribution in [2.75, 3.05) is 11.9 Å². The third-order valence-electron chi connectivity index (χ3n) is 2.38. The van der Waals surface area contributed by atoms with Gasteiger partial charge in [0.05, 0.1) is 10.0 Å². The van der Waals surface area contributed by atoms with Gasteiger partial charge in [0, 0.05) is 12.2 Å². The second-order valence-corrected chi connectivity index (χ2v) is 4.59. The molecular weight excluding hydrogens is 245 g/mol. The quantitative estimate of drug-likeness (QED) is 0.575. The third-order valence-corrected chi connectivity index (χ3v) is 2.95. The van der Waals surface area contributed by atoms with E-state index < -0.39 is 0 Å². The van der Waals surface area contributed by atoms with Crippen molar-refractivity contribution in [3.8, 4) is 5.75 Å². The lowest BCUT2D eigenvalue weighted by atomic mass is 10.2. The minimum absolute atomic E-state index is 0.0557. The molecule has 0 unspecified atom stereocenters. The molecule has 2 N–H and O–H groups in total. The lowest BCUT2D eigenvalue weighted by Crippen LogP contribution is -2.01. The maximum Gasteiger partial charge on any atom is 0.152 e. The molecule has 0 saturated carbocycles. The lowest BCUT2D eigenvalue weighted by molar-refractivity contribution is 0.476. The number of rotatable bonds is 6. The van der Waals surface area contributed by atoms with Crippen LogP contribution < -0.4 is 5.32 Å². The molecule has 1 aromatic rings. The highest BCUT2D eigenvalue weighted by Crippen LogP contribution is 2.34. The molecule has 0 aliphatic carbocycles. The summed E-state index contributed by atoms with van der Waals surface area (Å²) in [6.07, 6.45) is 4.85. The molecule has 0 aliphatic rings. The first-order valence-corrected chi connectivity index (χ1v) is 6.32. The first kappa shape index (κ1) is 13.5. The van der Waals surface area contributed by atoms with Gasteiger partial charge in [-0.1, -0.05) is 49.4 Å². The fourth-order valence-corrected chi connectivity index (χ4v) is 1.94. The molecule has 0 bridgehead atoms. The summed E-state index contributed by atoms with van der Waals surface area (Å²) < 4.78 is 0. The molecular formula is C12H17Cl2NO. The van der Waals surface area contributed by atoms with Crippen molar-refractivity contribution in [2.24, 2.45) is 0 Å². The molecule has 0 amide bonds. The predicted molar refractivity (Wildman–Crippen MR) is 70.8 cm³/mol. The summed E-state index contributed by atoms with van der Waals surface area (Å²) in [5.74, 6) is -0.0557. The summed E-state index contributed by atoms with van der Waals surface area (Å²) in [6.45, 7) is 3.09. The molecule has 4 heteroatoms. The molecule has 0 radical (unpaired) electrons. The minimum atomic E-state index is -0.0557. The van der Waals surface area contributed by atoms with Crippen LogP contribution in [0.25, 0.3) is 0 Å². The van der Waals surface area contributed by atoms with Crippen molar-refractivity contribution >= 4 is 28.9 Å². The van der Waals surface area contributed by atoms with E-state index >= 15 is 0 Å². The van der Waals surface area contributed by atoms with E-state index in [-0.39, 0.29) is 15.8 Å². The van der Waals surface area contributed by atoms with Gasteiger partial charge in [0.2, 0.25) is 0 Å². The fraction of sp³-hybridized carbons (Fsp3) is 0.500. The first-order valence-electron chi connectivity index (χ1n) is 5.57. The number of unbranched alkanes of at least 4 members (excludes halogenated alkanes) is 3. The highest BCUT2D eigenvalue weighted by Gasteiger charge is 2.05. The maximum absolute atomic E-state index is 9.38. The summed E-state index contributed by atoms with van der Waals surface area (Å²) in [4.78, 5) is 0. The Labute approximate surface area is 107 Å². The second-order valence-electron chi connectivity index (χ2n) is 3.78. The number of hydrogen-bond acceptors (Lipinski definition) is 2. The Kier molecular flexibility index (Phi) is 5.78. The molecule has 1 aromatic carbocycles. The molecule has 1 rings (SSSR count). The van der Waals surface area contributed by atoms with Crippen LogP contribution in [0.1, 0.15) is 32.6 Å². The molecule has 0 saturated heterocycles. The van der Waals surface area contributed by atoms with Crippen LogP contribution in [0.2, 0.25) is 10.0 Å². The van der Waals surface area contributed by atoms with Crippen molar-refractivity contribution in [1.29, 1.82) is 0 Å². The smallest absolute Gasteiger partial charge is 0.152 e. The zero-order chi connectivity index (χ0) is 12.0. The Morgan fingerprint density at radius 2 is 1.75 bits per heavy atom. The zero-order valence-electron chi connectivity index (χ0n) is 9.39. The largest absolute Gasteiger partial charge is 0.505 e. The summed E-state index contributed by atoms with van der Waals surface area (Å²) in [6, 6.07) is 3.37. The van der Waals surface area contributed by atoms with Gasteiger partial charge in [-0.2, -0.15) is 0 Å². The van der Waals surface area contributed by atoms with Crippen LogP contribution in [0.4, 0.5) is 5.69 Å². The fourth-order valence-electron chi connectivity index (χ4n) is 1.45. The lowest BCUT2D eigenvalue weighted by Gasteiger charge is -2.08. The van der Waals surface area contributed by atoms with Gasteiger partial charge in [-0.25, -0.2) is 0 Å². The maximum atomic E-state index is 9.38. The van der Waals surface area contributed by atoms with E-state index in [9.17, 15) is 5.11 Å². The number of nitrogens with one attached hydrogen (secondary N) is 1. The number of aromatic hydroxyl groups is 1. The summed E-state index contributed by atoms with van der Waals surface area (Å²) in [5.41, 5.74) is 0.851. The van der Waals surface area contributed by atoms with Gasteiger partial charge in [0.1, 0.15) is 0 Å². The van der Waals surface area contributed by atoms with Crippen LogP contribution in [0.15, 0.2) is 12.1 Å². The van der Waals surface area contributed by atoms with Crippen LogP contribution in [0.5, 0.6) is 5.75 Å². The first-order chi connectivity index (χ1) is 7.65. The van der Waals surface area contributed by atoms with Crippen molar-refractivity contribution in [3.05, 3.63) is 22.2 Å². The number of phenols is 1. The number of anilines is 1. The van der Waals surface area contributed by atoms with Gasteiger partial charge >= 0.3 is 0 Å². The van der Waals surface area contributed by atoms with Crippen molar-refractivity contribution in [3.63, 3.8) is 0 Å². The number of benzene rings is 1. The number of halogens is 2. The highest BCUT2D eigenvalue weighted by atomic mass is 35.5. The van der Waals surface area contributed by atoms with E-state index in [1.807, 2.05) is 0 Å². The van der Waals surface area contributed by atoms with Gasteiger partial charge < -0.3 is 10.4 Å². The van der Waals surface area contributed by atoms with E-state index in [1.54, 1.807) is 12.1 Å². The van der Waals surface area contributed by atoms with Gasteiger partial charge in [0.15, 0.2) is 5.75 Å². The van der Waals surface area contributed by atoms with E-state index in [0.29, 0.717) is 0 Å². The molecule has 16 heavy (non-hydrogen) atoms. The standard InChI is InChI=1S/C12H17Cl2NO/c1-2-3-4-5-6-15-9-7-10(13)12(16)11(14)8-9/h7-8,15-16H,2-6H2,1H3. The van der Waals surface area contributed by atoms with E-state index in [0.717, 1.165) is 18.7 Å². The number of hydrogen-bond donors (Lipinski definition) is 2. The zero-order valence-corrected chi connectivity index (χ0v) is 10.9. The van der Waals surface area contributed by atoms with E-state index in [2.05, 4.69) is 12.2 Å². The van der Waals surface area contributed by atoms with E-state index in [4.69, 9.17) is 23.2 Å². The van der Waals surface area contributed by atoms with Gasteiger partial charge in [-0.15, -0.1) is 0 Å². The van der Waals surface area contributed by atoms with E-state index in [1.165, 1.54) is 19.3 Å². The molecule has 0 fully saturated rings.